The number of allylic oxidation sites excluding steroid dienone is 4. The lowest BCUT2D eigenvalue weighted by Crippen LogP contribution is -2.34. The second-order valence-electron chi connectivity index (χ2n) is 9.69. The zero-order valence-electron chi connectivity index (χ0n) is 20.1. The fourth-order valence-corrected chi connectivity index (χ4v) is 5.27. The van der Waals surface area contributed by atoms with Gasteiger partial charge >= 0.3 is 6.03 Å². The molecule has 1 saturated carbocycles. The third-order valence-corrected chi connectivity index (χ3v) is 7.20. The molecule has 1 aromatic carbocycles. The molecular weight excluding hydrogens is 456 g/mol. The minimum Gasteiger partial charge on any atom is -0.487 e. The van der Waals surface area contributed by atoms with Crippen LogP contribution in [0.15, 0.2) is 66.3 Å². The van der Waals surface area contributed by atoms with Crippen LogP contribution >= 0.6 is 0 Å². The van der Waals surface area contributed by atoms with Gasteiger partial charge in [-0.15, -0.1) is 0 Å². The summed E-state index contributed by atoms with van der Waals surface area (Å²) in [6.07, 6.45) is 9.59. The molecule has 2 aliphatic carbocycles. The Balaban J connectivity index is 1.04. The Hall–Kier alpha value is -4.07. The van der Waals surface area contributed by atoms with Crippen LogP contribution in [0.1, 0.15) is 36.5 Å². The van der Waals surface area contributed by atoms with Crippen LogP contribution in [0.5, 0.6) is 5.75 Å². The van der Waals surface area contributed by atoms with Crippen LogP contribution in [0.25, 0.3) is 0 Å². The number of pyridine rings is 1. The van der Waals surface area contributed by atoms with Crippen molar-refractivity contribution in [1.82, 2.24) is 10.3 Å². The molecule has 2 aromatic rings. The molecule has 0 radical (unpaired) electrons. The number of carbonyl (C=O) groups excluding carboxylic acids is 2. The first kappa shape index (κ1) is 22.4. The smallest absolute Gasteiger partial charge is 0.319 e. The summed E-state index contributed by atoms with van der Waals surface area (Å²) in [5.41, 5.74) is 5.29. The second-order valence-corrected chi connectivity index (χ2v) is 9.69. The van der Waals surface area contributed by atoms with Crippen LogP contribution in [0, 0.1) is 5.92 Å². The number of hydrogen-bond donors (Lipinski definition) is 3. The van der Waals surface area contributed by atoms with Crippen molar-refractivity contribution in [2.45, 2.75) is 51.2 Å². The normalized spacial score (nSPS) is 24.9. The Morgan fingerprint density at radius 2 is 2.08 bits per heavy atom. The molecule has 1 aromatic heterocycles. The molecule has 184 valence electrons. The van der Waals surface area contributed by atoms with Gasteiger partial charge in [-0.25, -0.2) is 9.78 Å². The van der Waals surface area contributed by atoms with Gasteiger partial charge in [0.15, 0.2) is 0 Å². The first-order chi connectivity index (χ1) is 17.5. The first-order valence-corrected chi connectivity index (χ1v) is 12.4. The largest absolute Gasteiger partial charge is 0.487 e. The van der Waals surface area contributed by atoms with Gasteiger partial charge in [0.05, 0.1) is 12.0 Å². The molecule has 0 spiro atoms. The maximum atomic E-state index is 12.5. The number of benzene rings is 1. The third kappa shape index (κ3) is 4.23. The number of nitrogens with zero attached hydrogens (tertiary/aromatic N) is 1. The lowest BCUT2D eigenvalue weighted by atomic mass is 10.1. The van der Waals surface area contributed by atoms with E-state index in [9.17, 15) is 9.59 Å². The summed E-state index contributed by atoms with van der Waals surface area (Å²) < 4.78 is 12.1. The Morgan fingerprint density at radius 3 is 2.92 bits per heavy atom. The number of hydrogen-bond acceptors (Lipinski definition) is 5. The number of amides is 3. The number of carbonyl (C=O) groups is 2. The molecular formula is C28H28N4O4. The fraction of sp³-hybridized carbons (Fsp3) is 0.321. The number of ether oxygens (including phenoxy) is 2. The highest BCUT2D eigenvalue weighted by Gasteiger charge is 2.60. The summed E-state index contributed by atoms with van der Waals surface area (Å²) in [4.78, 5) is 28.4. The van der Waals surface area contributed by atoms with Gasteiger partial charge in [0.25, 0.3) is 0 Å². The maximum absolute atomic E-state index is 12.5. The predicted molar refractivity (Wildman–Crippen MR) is 136 cm³/mol. The molecule has 0 unspecified atom stereocenters. The summed E-state index contributed by atoms with van der Waals surface area (Å²) in [6, 6.07) is 7.62. The topological polar surface area (TPSA) is 102 Å². The van der Waals surface area contributed by atoms with Crippen molar-refractivity contribution in [3.63, 3.8) is 0 Å². The van der Waals surface area contributed by atoms with Crippen molar-refractivity contribution in [2.75, 3.05) is 10.6 Å². The lowest BCUT2D eigenvalue weighted by molar-refractivity contribution is -0.116. The van der Waals surface area contributed by atoms with Crippen molar-refractivity contribution < 1.29 is 19.1 Å². The van der Waals surface area contributed by atoms with Gasteiger partial charge in [-0.2, -0.15) is 0 Å². The van der Waals surface area contributed by atoms with E-state index in [4.69, 9.17) is 9.47 Å². The number of rotatable bonds is 5. The Kier molecular flexibility index (Phi) is 5.51. The van der Waals surface area contributed by atoms with E-state index in [0.29, 0.717) is 35.9 Å². The van der Waals surface area contributed by atoms with E-state index in [2.05, 4.69) is 39.6 Å². The highest BCUT2D eigenvalue weighted by atomic mass is 16.5. The van der Waals surface area contributed by atoms with E-state index in [1.807, 2.05) is 25.1 Å². The predicted octanol–water partition coefficient (Wildman–Crippen LogP) is 4.40. The van der Waals surface area contributed by atoms with Crippen LogP contribution in [0.3, 0.4) is 0 Å². The van der Waals surface area contributed by atoms with Crippen LogP contribution < -0.4 is 20.7 Å². The number of aryl methyl sites for hydroxylation is 2. The molecule has 4 aliphatic rings. The van der Waals surface area contributed by atoms with Crippen molar-refractivity contribution in [3.8, 4) is 5.75 Å². The van der Waals surface area contributed by atoms with Crippen LogP contribution in [0.2, 0.25) is 0 Å². The second kappa shape index (κ2) is 8.86. The Morgan fingerprint density at radius 1 is 1.22 bits per heavy atom. The molecule has 8 nitrogen and oxygen atoms in total. The monoisotopic (exact) mass is 484 g/mol. The van der Waals surface area contributed by atoms with Gasteiger partial charge in [-0.3, -0.25) is 4.79 Å². The standard InChI is InChI=1S/C28H28N4O4/c1-15(35-22-12-13-29-27-20(22)9-11-23(33)31-27)6-10-21-16(2)24-25(26(24)36-21)32-28(34)30-19-8-7-17-4-3-5-18(17)14-19/h6-8,10,12-14,24-26H,2-5,9,11H2,1H3,(H,29,31,33)(H2,30,32,34)/b15-6+,21-10+/t24-,25-,26-/m0/s1. The summed E-state index contributed by atoms with van der Waals surface area (Å²) in [7, 11) is 0. The Labute approximate surface area is 209 Å². The van der Waals surface area contributed by atoms with Crippen molar-refractivity contribution in [3.05, 3.63) is 83.0 Å². The van der Waals surface area contributed by atoms with Gasteiger partial charge < -0.3 is 25.4 Å². The van der Waals surface area contributed by atoms with E-state index in [-0.39, 0.29) is 30.0 Å². The fourth-order valence-electron chi connectivity index (χ4n) is 5.27. The van der Waals surface area contributed by atoms with Crippen molar-refractivity contribution in [1.29, 1.82) is 0 Å². The molecule has 8 heteroatoms. The minimum atomic E-state index is -0.227. The highest BCUT2D eigenvalue weighted by molar-refractivity contribution is 5.93. The molecule has 36 heavy (non-hydrogen) atoms. The number of nitrogens with one attached hydrogen (secondary N) is 3. The van der Waals surface area contributed by atoms with Gasteiger partial charge in [0, 0.05) is 23.9 Å². The zero-order chi connectivity index (χ0) is 24.8. The van der Waals surface area contributed by atoms with Crippen molar-refractivity contribution in [2.24, 2.45) is 5.92 Å². The average Bonchev–Trinajstić information content (AvgIpc) is 3.15. The van der Waals surface area contributed by atoms with E-state index in [0.717, 1.165) is 29.7 Å². The number of aromatic nitrogens is 1. The van der Waals surface area contributed by atoms with Gasteiger partial charge in [0.1, 0.15) is 29.2 Å². The number of urea groups is 1. The molecule has 1 saturated heterocycles. The van der Waals surface area contributed by atoms with Crippen LogP contribution in [0.4, 0.5) is 16.3 Å². The number of anilines is 2. The van der Waals surface area contributed by atoms with E-state index in [1.54, 1.807) is 12.3 Å². The summed E-state index contributed by atoms with van der Waals surface area (Å²) in [5.74, 6) is 2.66. The van der Waals surface area contributed by atoms with Crippen molar-refractivity contribution >= 4 is 23.4 Å². The molecule has 2 fully saturated rings. The lowest BCUT2D eigenvalue weighted by Gasteiger charge is -2.18. The maximum Gasteiger partial charge on any atom is 0.319 e. The molecule has 0 bridgehead atoms. The quantitative estimate of drug-likeness (QED) is 0.546. The average molecular weight is 485 g/mol. The van der Waals surface area contributed by atoms with E-state index in [1.165, 1.54) is 17.5 Å². The van der Waals surface area contributed by atoms with Crippen LogP contribution in [-0.4, -0.2) is 29.1 Å². The SMILES string of the molecule is C=C1/C(=C\C=C(/C)Oc2ccnc3c2CCC(=O)N3)O[C@@H]2[C@@H](NC(=O)Nc3ccc4c(c3)CCC4)[C@H]12. The molecule has 3 amide bonds. The molecule has 6 rings (SSSR count). The van der Waals surface area contributed by atoms with Crippen LogP contribution in [-0.2, 0) is 28.8 Å². The number of fused-ring (bicyclic) bond motifs is 3. The first-order valence-electron chi connectivity index (χ1n) is 12.4. The zero-order valence-corrected chi connectivity index (χ0v) is 20.1. The summed E-state index contributed by atoms with van der Waals surface area (Å²) >= 11 is 0. The summed E-state index contributed by atoms with van der Waals surface area (Å²) in [6.45, 7) is 6.04. The van der Waals surface area contributed by atoms with E-state index < -0.39 is 0 Å². The Bertz CT molecular complexity index is 1350. The van der Waals surface area contributed by atoms with Gasteiger partial charge in [-0.05, 0) is 79.7 Å². The molecule has 3 atom stereocenters. The van der Waals surface area contributed by atoms with Gasteiger partial charge in [0.2, 0.25) is 5.91 Å². The third-order valence-electron chi connectivity index (χ3n) is 7.20. The van der Waals surface area contributed by atoms with E-state index >= 15 is 0 Å². The molecule has 3 N–H and O–H groups in total. The summed E-state index contributed by atoms with van der Waals surface area (Å²) in [5, 5.41) is 8.73. The minimum absolute atomic E-state index is 0.0342. The van der Waals surface area contributed by atoms with Gasteiger partial charge in [-0.1, -0.05) is 12.6 Å². The molecule has 2 aliphatic heterocycles. The highest BCUT2D eigenvalue weighted by Crippen LogP contribution is 2.50. The molecule has 3 heterocycles.